The predicted molar refractivity (Wildman–Crippen MR) is 71.1 cm³/mol. The van der Waals surface area contributed by atoms with E-state index >= 15 is 0 Å². The van der Waals surface area contributed by atoms with Gasteiger partial charge in [0.25, 0.3) is 0 Å². The SMILES string of the molecule is CCC.CCC(C)C1C=CCC(C)(C)C1. The van der Waals surface area contributed by atoms with Crippen LogP contribution >= 0.6 is 0 Å². The van der Waals surface area contributed by atoms with Crippen molar-refractivity contribution in [1.29, 1.82) is 0 Å². The zero-order valence-corrected chi connectivity index (χ0v) is 11.6. The zero-order chi connectivity index (χ0) is 11.9. The van der Waals surface area contributed by atoms with E-state index in [0.29, 0.717) is 5.41 Å². The molecule has 2 unspecified atom stereocenters. The average molecular weight is 210 g/mol. The second kappa shape index (κ2) is 7.09. The number of hydrogen-bond acceptors (Lipinski definition) is 0. The van der Waals surface area contributed by atoms with Gasteiger partial charge in [-0.2, -0.15) is 0 Å². The summed E-state index contributed by atoms with van der Waals surface area (Å²) in [4.78, 5) is 0. The predicted octanol–water partition coefficient (Wildman–Crippen LogP) is 5.44. The van der Waals surface area contributed by atoms with Crippen molar-refractivity contribution in [1.82, 2.24) is 0 Å². The molecule has 2 atom stereocenters. The minimum atomic E-state index is 0.544. The van der Waals surface area contributed by atoms with Crippen molar-refractivity contribution in [3.8, 4) is 0 Å². The first kappa shape index (κ1) is 14.7. The quantitative estimate of drug-likeness (QED) is 0.532. The normalized spacial score (nSPS) is 25.3. The second-order valence-corrected chi connectivity index (χ2v) is 5.76. The van der Waals surface area contributed by atoms with Crippen LogP contribution in [0.4, 0.5) is 0 Å². The molecule has 0 saturated carbocycles. The summed E-state index contributed by atoms with van der Waals surface area (Å²) in [5.74, 6) is 1.69. The van der Waals surface area contributed by atoms with Crippen molar-refractivity contribution in [2.75, 3.05) is 0 Å². The van der Waals surface area contributed by atoms with Gasteiger partial charge >= 0.3 is 0 Å². The Labute approximate surface area is 97.2 Å². The third-order valence-corrected chi connectivity index (χ3v) is 3.22. The van der Waals surface area contributed by atoms with Crippen molar-refractivity contribution in [2.45, 2.75) is 67.2 Å². The first-order valence-corrected chi connectivity index (χ1v) is 6.63. The molecule has 1 aliphatic rings. The van der Waals surface area contributed by atoms with Crippen molar-refractivity contribution in [2.24, 2.45) is 17.3 Å². The third-order valence-electron chi connectivity index (χ3n) is 3.22. The van der Waals surface area contributed by atoms with Crippen LogP contribution in [0, 0.1) is 17.3 Å². The Hall–Kier alpha value is -0.260. The Kier molecular flexibility index (Phi) is 6.96. The molecule has 0 aromatic rings. The smallest absolute Gasteiger partial charge is 0.0203 e. The zero-order valence-electron chi connectivity index (χ0n) is 11.6. The standard InChI is InChI=1S/C12H22.C3H8/c1-5-10(2)11-7-6-8-12(3,4)9-11;1-3-2/h6-7,10-11H,5,8-9H2,1-4H3;3H2,1-2H3. The van der Waals surface area contributed by atoms with E-state index in [-0.39, 0.29) is 0 Å². The van der Waals surface area contributed by atoms with Crippen molar-refractivity contribution in [3.05, 3.63) is 12.2 Å². The summed E-state index contributed by atoms with van der Waals surface area (Å²) in [5, 5.41) is 0. The van der Waals surface area contributed by atoms with Gasteiger partial charge < -0.3 is 0 Å². The molecule has 0 aromatic heterocycles. The molecule has 90 valence electrons. The maximum Gasteiger partial charge on any atom is -0.0203 e. The molecule has 15 heavy (non-hydrogen) atoms. The van der Waals surface area contributed by atoms with Crippen LogP contribution in [0.25, 0.3) is 0 Å². The Balaban J connectivity index is 0.000000583. The molecule has 0 N–H and O–H groups in total. The molecule has 0 amide bonds. The topological polar surface area (TPSA) is 0 Å². The molecule has 0 heterocycles. The van der Waals surface area contributed by atoms with Gasteiger partial charge in [-0.1, -0.05) is 66.5 Å². The molecule has 0 heteroatoms. The van der Waals surface area contributed by atoms with E-state index in [1.165, 1.54) is 25.7 Å². The molecule has 0 nitrogen and oxygen atoms in total. The summed E-state index contributed by atoms with van der Waals surface area (Å²) in [6.07, 6.45) is 10.0. The molecule has 0 saturated heterocycles. The molecule has 1 aliphatic carbocycles. The van der Waals surface area contributed by atoms with Crippen LogP contribution in [0.3, 0.4) is 0 Å². The molecule has 0 spiro atoms. The Morgan fingerprint density at radius 2 is 1.80 bits per heavy atom. The third kappa shape index (κ3) is 6.02. The molecular weight excluding hydrogens is 180 g/mol. The van der Waals surface area contributed by atoms with Gasteiger partial charge in [0.05, 0.1) is 0 Å². The molecule has 0 bridgehead atoms. The minimum Gasteiger partial charge on any atom is -0.0877 e. The Morgan fingerprint density at radius 1 is 1.27 bits per heavy atom. The summed E-state index contributed by atoms with van der Waals surface area (Å²) in [5.41, 5.74) is 0.544. The first-order valence-electron chi connectivity index (χ1n) is 6.63. The van der Waals surface area contributed by atoms with E-state index in [1.807, 2.05) is 0 Å². The Bertz CT molecular complexity index is 176. The van der Waals surface area contributed by atoms with Gasteiger partial charge in [-0.25, -0.2) is 0 Å². The average Bonchev–Trinajstić information content (AvgIpc) is 2.16. The highest BCUT2D eigenvalue weighted by atomic mass is 14.3. The van der Waals surface area contributed by atoms with E-state index in [1.54, 1.807) is 0 Å². The van der Waals surface area contributed by atoms with Crippen LogP contribution in [-0.2, 0) is 0 Å². The van der Waals surface area contributed by atoms with Crippen molar-refractivity contribution < 1.29 is 0 Å². The van der Waals surface area contributed by atoms with Gasteiger partial charge in [0.2, 0.25) is 0 Å². The van der Waals surface area contributed by atoms with Crippen molar-refractivity contribution in [3.63, 3.8) is 0 Å². The number of rotatable bonds is 2. The lowest BCUT2D eigenvalue weighted by Crippen LogP contribution is -2.22. The molecule has 0 radical (unpaired) electrons. The second-order valence-electron chi connectivity index (χ2n) is 5.76. The van der Waals surface area contributed by atoms with Crippen LogP contribution < -0.4 is 0 Å². The minimum absolute atomic E-state index is 0.544. The maximum absolute atomic E-state index is 2.43. The molecule has 0 aromatic carbocycles. The molecule has 0 fully saturated rings. The highest BCUT2D eigenvalue weighted by Crippen LogP contribution is 2.38. The van der Waals surface area contributed by atoms with E-state index < -0.39 is 0 Å². The largest absolute Gasteiger partial charge is 0.0877 e. The summed E-state index contributed by atoms with van der Waals surface area (Å²) in [6.45, 7) is 13.7. The van der Waals surface area contributed by atoms with E-state index in [0.717, 1.165) is 11.8 Å². The monoisotopic (exact) mass is 210 g/mol. The van der Waals surface area contributed by atoms with E-state index in [9.17, 15) is 0 Å². The lowest BCUT2D eigenvalue weighted by Gasteiger charge is -2.34. The lowest BCUT2D eigenvalue weighted by atomic mass is 9.72. The van der Waals surface area contributed by atoms with E-state index in [4.69, 9.17) is 0 Å². The summed E-state index contributed by atoms with van der Waals surface area (Å²) < 4.78 is 0. The summed E-state index contributed by atoms with van der Waals surface area (Å²) in [7, 11) is 0. The van der Waals surface area contributed by atoms with Crippen molar-refractivity contribution >= 4 is 0 Å². The van der Waals surface area contributed by atoms with Crippen LogP contribution in [0.1, 0.15) is 67.2 Å². The van der Waals surface area contributed by atoms with Gasteiger partial charge in [-0.15, -0.1) is 0 Å². The highest BCUT2D eigenvalue weighted by Gasteiger charge is 2.26. The fourth-order valence-corrected chi connectivity index (χ4v) is 2.04. The van der Waals surface area contributed by atoms with Crippen LogP contribution in [0.2, 0.25) is 0 Å². The summed E-state index contributed by atoms with van der Waals surface area (Å²) >= 11 is 0. The lowest BCUT2D eigenvalue weighted by molar-refractivity contribution is 0.233. The van der Waals surface area contributed by atoms with Crippen LogP contribution in [0.15, 0.2) is 12.2 Å². The Morgan fingerprint density at radius 3 is 2.20 bits per heavy atom. The molecule has 1 rings (SSSR count). The fraction of sp³-hybridized carbons (Fsp3) is 0.867. The van der Waals surface area contributed by atoms with E-state index in [2.05, 4.69) is 53.7 Å². The van der Waals surface area contributed by atoms with Gasteiger partial charge in [-0.3, -0.25) is 0 Å². The number of hydrogen-bond donors (Lipinski definition) is 0. The van der Waals surface area contributed by atoms with Gasteiger partial charge in [-0.05, 0) is 30.1 Å². The highest BCUT2D eigenvalue weighted by molar-refractivity contribution is 5.00. The molecule has 0 aliphatic heterocycles. The van der Waals surface area contributed by atoms with Gasteiger partial charge in [0.15, 0.2) is 0 Å². The fourth-order valence-electron chi connectivity index (χ4n) is 2.04. The first-order chi connectivity index (χ1) is 6.96. The van der Waals surface area contributed by atoms with Gasteiger partial charge in [0.1, 0.15) is 0 Å². The summed E-state index contributed by atoms with van der Waals surface area (Å²) in [6, 6.07) is 0. The van der Waals surface area contributed by atoms with Gasteiger partial charge in [0, 0.05) is 0 Å². The van der Waals surface area contributed by atoms with Crippen LogP contribution in [-0.4, -0.2) is 0 Å². The maximum atomic E-state index is 2.43. The number of allylic oxidation sites excluding steroid dienone is 2. The van der Waals surface area contributed by atoms with Crippen LogP contribution in [0.5, 0.6) is 0 Å². The molecular formula is C15H30.